The number of ether oxygens (including phenoxy) is 1. The largest absolute Gasteiger partial charge is 0.489 e. The number of fused-ring (bicyclic) bond motifs is 1. The van der Waals surface area contributed by atoms with E-state index in [9.17, 15) is 4.79 Å². The fraction of sp³-hybridized carbons (Fsp3) is 0.235. The Labute approximate surface area is 124 Å². The molecule has 0 unspecified atom stereocenters. The molecule has 1 heterocycles. The van der Waals surface area contributed by atoms with Gasteiger partial charge in [-0.15, -0.1) is 0 Å². The summed E-state index contributed by atoms with van der Waals surface area (Å²) in [5.74, 6) is 0.532. The van der Waals surface area contributed by atoms with Crippen LogP contribution in [0, 0.1) is 6.92 Å². The fourth-order valence-electron chi connectivity index (χ4n) is 2.43. The van der Waals surface area contributed by atoms with Crippen LogP contribution in [0.2, 0.25) is 0 Å². The summed E-state index contributed by atoms with van der Waals surface area (Å²) in [6.07, 6.45) is 0. The quantitative estimate of drug-likeness (QED) is 0.910. The van der Waals surface area contributed by atoms with E-state index < -0.39 is 0 Å². The van der Waals surface area contributed by atoms with Gasteiger partial charge in [0.25, 0.3) is 5.91 Å². The second kappa shape index (κ2) is 5.87. The number of aryl methyl sites for hydroxylation is 1. The van der Waals surface area contributed by atoms with Crippen molar-refractivity contribution in [3.8, 4) is 5.75 Å². The molecule has 3 rings (SSSR count). The highest BCUT2D eigenvalue weighted by Gasteiger charge is 2.18. The Hall–Kier alpha value is -2.49. The lowest BCUT2D eigenvalue weighted by Gasteiger charge is -2.21. The lowest BCUT2D eigenvalue weighted by molar-refractivity contribution is 0.0946. The summed E-state index contributed by atoms with van der Waals surface area (Å²) in [6.45, 7) is 3.90. The lowest BCUT2D eigenvalue weighted by Crippen LogP contribution is -2.26. The lowest BCUT2D eigenvalue weighted by atomic mass is 10.1. The Morgan fingerprint density at radius 3 is 2.95 bits per heavy atom. The molecule has 0 saturated heterocycles. The fourth-order valence-corrected chi connectivity index (χ4v) is 2.43. The Bertz CT molecular complexity index is 668. The molecule has 0 atom stereocenters. The molecule has 0 saturated carbocycles. The molecule has 21 heavy (non-hydrogen) atoms. The number of hydrogen-bond donors (Lipinski definition) is 2. The average molecular weight is 282 g/mol. The summed E-state index contributed by atoms with van der Waals surface area (Å²) in [5, 5.41) is 6.20. The van der Waals surface area contributed by atoms with Gasteiger partial charge in [-0.3, -0.25) is 4.79 Å². The van der Waals surface area contributed by atoms with Crippen molar-refractivity contribution in [2.75, 3.05) is 18.5 Å². The standard InChI is InChI=1S/C17H18N2O2/c1-12-5-2-3-6-13(12)11-19-17(20)14-7-4-8-15-16(14)21-10-9-18-15/h2-8,18H,9-11H2,1H3,(H,19,20). The van der Waals surface area contributed by atoms with Gasteiger partial charge in [0.15, 0.2) is 5.75 Å². The summed E-state index contributed by atoms with van der Waals surface area (Å²) < 4.78 is 5.63. The molecule has 0 aromatic heterocycles. The molecule has 108 valence electrons. The van der Waals surface area contributed by atoms with Gasteiger partial charge in [-0.05, 0) is 30.2 Å². The predicted octanol–water partition coefficient (Wildman–Crippen LogP) is 2.73. The average Bonchev–Trinajstić information content (AvgIpc) is 2.53. The number of hydrogen-bond acceptors (Lipinski definition) is 3. The molecule has 4 nitrogen and oxygen atoms in total. The number of carbonyl (C=O) groups is 1. The molecular weight excluding hydrogens is 264 g/mol. The van der Waals surface area contributed by atoms with Crippen molar-refractivity contribution in [2.24, 2.45) is 0 Å². The summed E-state index contributed by atoms with van der Waals surface area (Å²) >= 11 is 0. The van der Waals surface area contributed by atoms with E-state index in [2.05, 4.69) is 10.6 Å². The predicted molar refractivity (Wildman–Crippen MR) is 82.8 cm³/mol. The Kier molecular flexibility index (Phi) is 3.77. The smallest absolute Gasteiger partial charge is 0.255 e. The van der Waals surface area contributed by atoms with E-state index in [1.807, 2.05) is 43.3 Å². The van der Waals surface area contributed by atoms with Crippen LogP contribution in [0.4, 0.5) is 5.69 Å². The molecular formula is C17H18N2O2. The number of carbonyl (C=O) groups excluding carboxylic acids is 1. The van der Waals surface area contributed by atoms with Gasteiger partial charge in [0.05, 0.1) is 11.3 Å². The first kappa shape index (κ1) is 13.5. The number of nitrogens with one attached hydrogen (secondary N) is 2. The maximum absolute atomic E-state index is 12.4. The van der Waals surface area contributed by atoms with Gasteiger partial charge < -0.3 is 15.4 Å². The second-order valence-corrected chi connectivity index (χ2v) is 5.07. The van der Waals surface area contributed by atoms with Crippen LogP contribution in [0.15, 0.2) is 42.5 Å². The summed E-state index contributed by atoms with van der Waals surface area (Å²) in [5.41, 5.74) is 3.75. The first-order valence-electron chi connectivity index (χ1n) is 7.08. The molecule has 2 aromatic rings. The minimum absolute atomic E-state index is 0.112. The number of para-hydroxylation sites is 1. The molecule has 1 amide bonds. The molecule has 4 heteroatoms. The SMILES string of the molecule is Cc1ccccc1CNC(=O)c1cccc2c1OCCN2. The van der Waals surface area contributed by atoms with Gasteiger partial charge in [-0.1, -0.05) is 30.3 Å². The highest BCUT2D eigenvalue weighted by atomic mass is 16.5. The number of rotatable bonds is 3. The zero-order chi connectivity index (χ0) is 14.7. The number of benzene rings is 2. The molecule has 0 bridgehead atoms. The van der Waals surface area contributed by atoms with Gasteiger partial charge in [0.1, 0.15) is 6.61 Å². The van der Waals surface area contributed by atoms with E-state index in [-0.39, 0.29) is 5.91 Å². The van der Waals surface area contributed by atoms with E-state index in [0.717, 1.165) is 17.8 Å². The normalized spacial score (nSPS) is 12.8. The van der Waals surface area contributed by atoms with Crippen molar-refractivity contribution in [3.05, 3.63) is 59.2 Å². The minimum Gasteiger partial charge on any atom is -0.489 e. The van der Waals surface area contributed by atoms with Crippen molar-refractivity contribution >= 4 is 11.6 Å². The van der Waals surface area contributed by atoms with E-state index in [4.69, 9.17) is 4.74 Å². The minimum atomic E-state index is -0.112. The second-order valence-electron chi connectivity index (χ2n) is 5.07. The van der Waals surface area contributed by atoms with Crippen LogP contribution in [0.25, 0.3) is 0 Å². The highest BCUT2D eigenvalue weighted by molar-refractivity contribution is 5.98. The first-order valence-corrected chi connectivity index (χ1v) is 7.08. The monoisotopic (exact) mass is 282 g/mol. The maximum Gasteiger partial charge on any atom is 0.255 e. The van der Waals surface area contributed by atoms with E-state index >= 15 is 0 Å². The third-order valence-corrected chi connectivity index (χ3v) is 3.62. The van der Waals surface area contributed by atoms with Crippen LogP contribution in [0.3, 0.4) is 0 Å². The van der Waals surface area contributed by atoms with Gasteiger partial charge in [-0.25, -0.2) is 0 Å². The van der Waals surface area contributed by atoms with Crippen molar-refractivity contribution in [1.29, 1.82) is 0 Å². The van der Waals surface area contributed by atoms with Crippen molar-refractivity contribution < 1.29 is 9.53 Å². The molecule has 0 spiro atoms. The van der Waals surface area contributed by atoms with Crippen LogP contribution < -0.4 is 15.4 Å². The summed E-state index contributed by atoms with van der Waals surface area (Å²) in [6, 6.07) is 13.6. The molecule has 1 aliphatic rings. The molecule has 0 fully saturated rings. The Morgan fingerprint density at radius 2 is 2.10 bits per heavy atom. The van der Waals surface area contributed by atoms with Crippen LogP contribution in [-0.2, 0) is 6.54 Å². The molecule has 0 radical (unpaired) electrons. The zero-order valence-electron chi connectivity index (χ0n) is 12.0. The van der Waals surface area contributed by atoms with Gasteiger partial charge in [0.2, 0.25) is 0 Å². The van der Waals surface area contributed by atoms with Crippen LogP contribution in [0.5, 0.6) is 5.75 Å². The number of anilines is 1. The molecule has 2 N–H and O–H groups in total. The number of amides is 1. The third-order valence-electron chi connectivity index (χ3n) is 3.62. The summed E-state index contributed by atoms with van der Waals surface area (Å²) in [7, 11) is 0. The van der Waals surface area contributed by atoms with Gasteiger partial charge in [-0.2, -0.15) is 0 Å². The Balaban J connectivity index is 1.76. The Morgan fingerprint density at radius 1 is 1.24 bits per heavy atom. The van der Waals surface area contributed by atoms with Crippen molar-refractivity contribution in [2.45, 2.75) is 13.5 Å². The van der Waals surface area contributed by atoms with Gasteiger partial charge in [0, 0.05) is 13.1 Å². The van der Waals surface area contributed by atoms with Crippen molar-refractivity contribution in [1.82, 2.24) is 5.32 Å². The summed E-state index contributed by atoms with van der Waals surface area (Å²) in [4.78, 5) is 12.4. The first-order chi connectivity index (χ1) is 10.3. The zero-order valence-corrected chi connectivity index (χ0v) is 12.0. The highest BCUT2D eigenvalue weighted by Crippen LogP contribution is 2.31. The van der Waals surface area contributed by atoms with E-state index in [0.29, 0.717) is 24.5 Å². The molecule has 2 aromatic carbocycles. The van der Waals surface area contributed by atoms with Crippen LogP contribution in [-0.4, -0.2) is 19.1 Å². The van der Waals surface area contributed by atoms with Crippen LogP contribution >= 0.6 is 0 Å². The molecule has 0 aliphatic carbocycles. The van der Waals surface area contributed by atoms with Crippen molar-refractivity contribution in [3.63, 3.8) is 0 Å². The maximum atomic E-state index is 12.4. The topological polar surface area (TPSA) is 50.4 Å². The van der Waals surface area contributed by atoms with E-state index in [1.54, 1.807) is 6.07 Å². The molecule has 1 aliphatic heterocycles. The third kappa shape index (κ3) is 2.84. The van der Waals surface area contributed by atoms with Crippen LogP contribution in [0.1, 0.15) is 21.5 Å². The van der Waals surface area contributed by atoms with Gasteiger partial charge >= 0.3 is 0 Å². The van der Waals surface area contributed by atoms with E-state index in [1.165, 1.54) is 5.56 Å².